The predicted molar refractivity (Wildman–Crippen MR) is 49.9 cm³/mol. The summed E-state index contributed by atoms with van der Waals surface area (Å²) in [5, 5.41) is 3.30. The maximum atomic E-state index is 11.1. The Hall–Kier alpha value is -0.0900. The third-order valence-electron chi connectivity index (χ3n) is 2.37. The molecular weight excluding hydrogens is 174 g/mol. The van der Waals surface area contributed by atoms with Gasteiger partial charge in [0.2, 0.25) is 0 Å². The van der Waals surface area contributed by atoms with E-state index < -0.39 is 9.84 Å². The van der Waals surface area contributed by atoms with Crippen molar-refractivity contribution in [1.82, 2.24) is 5.32 Å². The van der Waals surface area contributed by atoms with E-state index in [1.165, 1.54) is 0 Å². The second kappa shape index (κ2) is 3.75. The topological polar surface area (TPSA) is 46.2 Å². The molecule has 1 aliphatic rings. The maximum absolute atomic E-state index is 11.1. The monoisotopic (exact) mass is 191 g/mol. The predicted octanol–water partition coefficient (Wildman–Crippen LogP) is 0.562. The summed E-state index contributed by atoms with van der Waals surface area (Å²) < 4.78 is 22.1. The summed E-state index contributed by atoms with van der Waals surface area (Å²) >= 11 is 0. The first-order chi connectivity index (χ1) is 5.53. The zero-order chi connectivity index (χ0) is 9.19. The van der Waals surface area contributed by atoms with Gasteiger partial charge in [-0.2, -0.15) is 0 Å². The number of rotatable bonds is 3. The lowest BCUT2D eigenvalue weighted by atomic mass is 10.2. The van der Waals surface area contributed by atoms with Crippen LogP contribution < -0.4 is 5.32 Å². The number of sulfone groups is 1. The Morgan fingerprint density at radius 1 is 1.58 bits per heavy atom. The van der Waals surface area contributed by atoms with Crippen LogP contribution >= 0.6 is 0 Å². The van der Waals surface area contributed by atoms with E-state index in [4.69, 9.17) is 0 Å². The van der Waals surface area contributed by atoms with Gasteiger partial charge >= 0.3 is 0 Å². The Balaban J connectivity index is 2.38. The highest BCUT2D eigenvalue weighted by atomic mass is 32.2. The summed E-state index contributed by atoms with van der Waals surface area (Å²) in [6.07, 6.45) is 1.84. The quantitative estimate of drug-likeness (QED) is 0.709. The first kappa shape index (κ1) is 9.99. The lowest BCUT2D eigenvalue weighted by Gasteiger charge is -2.16. The molecule has 3 nitrogen and oxygen atoms in total. The summed E-state index contributed by atoms with van der Waals surface area (Å²) in [7, 11) is -2.71. The molecule has 1 saturated heterocycles. The summed E-state index contributed by atoms with van der Waals surface area (Å²) in [6, 6.07) is 0.633. The molecule has 1 aliphatic heterocycles. The molecule has 72 valence electrons. The molecule has 1 heterocycles. The minimum atomic E-state index is -2.71. The molecule has 4 heteroatoms. The smallest absolute Gasteiger partial charge is 0.151 e. The van der Waals surface area contributed by atoms with E-state index in [0.717, 1.165) is 12.8 Å². The van der Waals surface area contributed by atoms with E-state index in [9.17, 15) is 8.42 Å². The van der Waals surface area contributed by atoms with Crippen molar-refractivity contribution in [2.45, 2.75) is 38.8 Å². The van der Waals surface area contributed by atoms with Gasteiger partial charge < -0.3 is 5.32 Å². The maximum Gasteiger partial charge on any atom is 0.151 e. The van der Waals surface area contributed by atoms with Crippen molar-refractivity contribution in [1.29, 1.82) is 0 Å². The van der Waals surface area contributed by atoms with Gasteiger partial charge in [-0.15, -0.1) is 0 Å². The van der Waals surface area contributed by atoms with Crippen LogP contribution in [0.5, 0.6) is 0 Å². The van der Waals surface area contributed by atoms with Crippen LogP contribution in [0.3, 0.4) is 0 Å². The molecule has 0 aromatic carbocycles. The molecule has 0 aliphatic carbocycles. The molecule has 0 amide bonds. The molecule has 1 rings (SSSR count). The van der Waals surface area contributed by atoms with Crippen molar-refractivity contribution in [3.63, 3.8) is 0 Å². The lowest BCUT2D eigenvalue weighted by molar-refractivity contribution is 0.462. The first-order valence-electron chi connectivity index (χ1n) is 4.50. The molecule has 0 aromatic heterocycles. The molecule has 0 spiro atoms. The van der Waals surface area contributed by atoms with Crippen LogP contribution in [0.2, 0.25) is 0 Å². The van der Waals surface area contributed by atoms with Crippen LogP contribution in [0, 0.1) is 0 Å². The van der Waals surface area contributed by atoms with Crippen LogP contribution in [-0.2, 0) is 9.84 Å². The van der Waals surface area contributed by atoms with Gasteiger partial charge in [0.1, 0.15) is 0 Å². The molecule has 12 heavy (non-hydrogen) atoms. The fourth-order valence-corrected chi connectivity index (χ4v) is 3.13. The Bertz CT molecular complexity index is 235. The molecule has 0 bridgehead atoms. The van der Waals surface area contributed by atoms with Crippen LogP contribution in [0.25, 0.3) is 0 Å². The van der Waals surface area contributed by atoms with Crippen molar-refractivity contribution in [3.8, 4) is 0 Å². The van der Waals surface area contributed by atoms with Gasteiger partial charge in [-0.05, 0) is 19.8 Å². The average Bonchev–Trinajstić information content (AvgIpc) is 2.30. The van der Waals surface area contributed by atoms with Gasteiger partial charge in [-0.3, -0.25) is 0 Å². The first-order valence-corrected chi connectivity index (χ1v) is 6.32. The zero-order valence-corrected chi connectivity index (χ0v) is 8.52. The second-order valence-electron chi connectivity index (χ2n) is 3.58. The lowest BCUT2D eigenvalue weighted by Crippen LogP contribution is -2.36. The third kappa shape index (κ3) is 2.75. The Morgan fingerprint density at radius 2 is 2.25 bits per heavy atom. The van der Waals surface area contributed by atoms with Crippen LogP contribution in [0.1, 0.15) is 26.7 Å². The van der Waals surface area contributed by atoms with E-state index in [0.29, 0.717) is 17.5 Å². The molecule has 0 saturated carbocycles. The zero-order valence-electron chi connectivity index (χ0n) is 7.71. The van der Waals surface area contributed by atoms with Gasteiger partial charge in [-0.1, -0.05) is 6.92 Å². The van der Waals surface area contributed by atoms with Crippen molar-refractivity contribution in [2.24, 2.45) is 0 Å². The van der Waals surface area contributed by atoms with E-state index in [1.54, 1.807) is 0 Å². The Labute approximate surface area is 74.5 Å². The Morgan fingerprint density at radius 3 is 2.67 bits per heavy atom. The average molecular weight is 191 g/mol. The van der Waals surface area contributed by atoms with Crippen LogP contribution in [0.4, 0.5) is 0 Å². The highest BCUT2D eigenvalue weighted by molar-refractivity contribution is 7.91. The van der Waals surface area contributed by atoms with Gasteiger partial charge in [0.05, 0.1) is 11.5 Å². The van der Waals surface area contributed by atoms with Gasteiger partial charge in [0.15, 0.2) is 9.84 Å². The SMILES string of the molecule is CC[C@@H](C)N[C@@H]1CCS(=O)(=O)C1. The summed E-state index contributed by atoms with van der Waals surface area (Å²) in [6.45, 7) is 4.19. The minimum Gasteiger partial charge on any atom is -0.310 e. The number of hydrogen-bond donors (Lipinski definition) is 1. The highest BCUT2D eigenvalue weighted by Gasteiger charge is 2.27. The molecule has 0 unspecified atom stereocenters. The number of hydrogen-bond acceptors (Lipinski definition) is 3. The van der Waals surface area contributed by atoms with E-state index in [-0.39, 0.29) is 6.04 Å². The van der Waals surface area contributed by atoms with Crippen LogP contribution in [-0.4, -0.2) is 32.0 Å². The van der Waals surface area contributed by atoms with E-state index >= 15 is 0 Å². The van der Waals surface area contributed by atoms with Crippen molar-refractivity contribution >= 4 is 9.84 Å². The van der Waals surface area contributed by atoms with Crippen LogP contribution in [0.15, 0.2) is 0 Å². The molecule has 0 aromatic rings. The summed E-state index contributed by atoms with van der Waals surface area (Å²) in [4.78, 5) is 0. The Kier molecular flexibility index (Phi) is 3.12. The summed E-state index contributed by atoms with van der Waals surface area (Å²) in [5.74, 6) is 0.693. The minimum absolute atomic E-state index is 0.199. The fourth-order valence-electron chi connectivity index (χ4n) is 1.45. The van der Waals surface area contributed by atoms with Crippen molar-refractivity contribution in [2.75, 3.05) is 11.5 Å². The molecule has 1 fully saturated rings. The largest absolute Gasteiger partial charge is 0.310 e. The summed E-state index contributed by atoms with van der Waals surface area (Å²) in [5.41, 5.74) is 0. The molecule has 0 radical (unpaired) electrons. The van der Waals surface area contributed by atoms with Crippen molar-refractivity contribution in [3.05, 3.63) is 0 Å². The van der Waals surface area contributed by atoms with Gasteiger partial charge in [0.25, 0.3) is 0 Å². The molecular formula is C8H17NO2S. The van der Waals surface area contributed by atoms with E-state index in [2.05, 4.69) is 19.2 Å². The van der Waals surface area contributed by atoms with E-state index in [1.807, 2.05) is 0 Å². The highest BCUT2D eigenvalue weighted by Crippen LogP contribution is 2.12. The van der Waals surface area contributed by atoms with Gasteiger partial charge in [0, 0.05) is 12.1 Å². The second-order valence-corrected chi connectivity index (χ2v) is 5.80. The fraction of sp³-hybridized carbons (Fsp3) is 1.00. The number of nitrogens with one attached hydrogen (secondary N) is 1. The van der Waals surface area contributed by atoms with Crippen molar-refractivity contribution < 1.29 is 8.42 Å². The van der Waals surface area contributed by atoms with Gasteiger partial charge in [-0.25, -0.2) is 8.42 Å². The third-order valence-corrected chi connectivity index (χ3v) is 4.13. The molecule has 2 atom stereocenters. The standard InChI is InChI=1S/C8H17NO2S/c1-3-7(2)9-8-4-5-12(10,11)6-8/h7-9H,3-6H2,1-2H3/t7-,8-/m1/s1. The normalized spacial score (nSPS) is 30.3. The molecule has 1 N–H and O–H groups in total.